The van der Waals surface area contributed by atoms with Crippen molar-refractivity contribution in [1.29, 1.82) is 0 Å². The molecule has 3 rings (SSSR count). The summed E-state index contributed by atoms with van der Waals surface area (Å²) in [4.78, 5) is 18.1. The minimum Gasteiger partial charge on any atom is -0.396 e. The quantitative estimate of drug-likeness (QED) is 0.689. The van der Waals surface area contributed by atoms with Crippen LogP contribution in [0.25, 0.3) is 0 Å². The number of nitrogens with one attached hydrogen (secondary N) is 2. The average Bonchev–Trinajstić information content (AvgIpc) is 2.87. The number of urea groups is 1. The Balaban J connectivity index is 1.55. The number of fused-ring (bicyclic) bond motifs is 1. The van der Waals surface area contributed by atoms with E-state index in [4.69, 9.17) is 0 Å². The first kappa shape index (κ1) is 17.9. The van der Waals surface area contributed by atoms with E-state index in [0.29, 0.717) is 18.1 Å². The van der Waals surface area contributed by atoms with Crippen molar-refractivity contribution < 1.29 is 9.90 Å². The van der Waals surface area contributed by atoms with Crippen LogP contribution in [0, 0.1) is 0 Å². The molecule has 2 amide bonds. The molecule has 25 heavy (non-hydrogen) atoms. The van der Waals surface area contributed by atoms with E-state index in [9.17, 15) is 9.90 Å². The van der Waals surface area contributed by atoms with Gasteiger partial charge >= 0.3 is 6.03 Å². The predicted octanol–water partition coefficient (Wildman–Crippen LogP) is 3.70. The van der Waals surface area contributed by atoms with E-state index >= 15 is 0 Å². The van der Waals surface area contributed by atoms with Crippen molar-refractivity contribution in [3.63, 3.8) is 0 Å². The fourth-order valence-electron chi connectivity index (χ4n) is 3.21. The number of carbonyl (C=O) groups is 1. The predicted molar refractivity (Wildman–Crippen MR) is 101 cm³/mol. The second-order valence-corrected chi connectivity index (χ2v) is 7.49. The lowest BCUT2D eigenvalue weighted by atomic mass is 9.96. The Morgan fingerprint density at radius 2 is 2.00 bits per heavy atom. The Morgan fingerprint density at radius 1 is 1.20 bits per heavy atom. The Hall–Kier alpha value is -1.92. The lowest BCUT2D eigenvalue weighted by Gasteiger charge is -2.17. The number of aliphatic hydroxyl groups is 1. The molecule has 1 aromatic carbocycles. The second-order valence-electron chi connectivity index (χ2n) is 6.40. The summed E-state index contributed by atoms with van der Waals surface area (Å²) in [5.74, 6) is 0.102. The van der Waals surface area contributed by atoms with Gasteiger partial charge in [0.25, 0.3) is 0 Å². The maximum atomic E-state index is 12.2. The molecule has 0 saturated carbocycles. The van der Waals surface area contributed by atoms with Crippen LogP contribution in [0.15, 0.2) is 30.3 Å². The van der Waals surface area contributed by atoms with E-state index in [-0.39, 0.29) is 18.6 Å². The van der Waals surface area contributed by atoms with Gasteiger partial charge in [-0.25, -0.2) is 9.78 Å². The van der Waals surface area contributed by atoms with Crippen molar-refractivity contribution in [2.75, 3.05) is 18.5 Å². The zero-order chi connectivity index (χ0) is 17.5. The van der Waals surface area contributed by atoms with E-state index in [1.54, 1.807) is 11.3 Å². The molecular weight excluding hydrogens is 334 g/mol. The van der Waals surface area contributed by atoms with Gasteiger partial charge in [-0.15, -0.1) is 11.3 Å². The number of carbonyl (C=O) groups excluding carboxylic acids is 1. The second kappa shape index (κ2) is 8.97. The molecule has 0 aliphatic heterocycles. The summed E-state index contributed by atoms with van der Waals surface area (Å²) in [6.45, 7) is 0.587. The highest BCUT2D eigenvalue weighted by molar-refractivity contribution is 7.15. The normalized spacial score (nSPS) is 15.1. The Morgan fingerprint density at radius 3 is 2.80 bits per heavy atom. The minimum atomic E-state index is -0.234. The molecule has 1 atom stereocenters. The largest absolute Gasteiger partial charge is 0.396 e. The molecule has 1 aliphatic rings. The fraction of sp³-hybridized carbons (Fsp3) is 0.474. The Bertz CT molecular complexity index is 664. The average molecular weight is 359 g/mol. The molecule has 0 spiro atoms. The van der Waals surface area contributed by atoms with Gasteiger partial charge in [-0.05, 0) is 37.7 Å². The summed E-state index contributed by atoms with van der Waals surface area (Å²) in [6, 6.07) is 9.73. The van der Waals surface area contributed by atoms with Gasteiger partial charge < -0.3 is 10.4 Å². The Labute approximate surface area is 152 Å². The molecule has 0 bridgehead atoms. The molecule has 1 aromatic heterocycles. The van der Waals surface area contributed by atoms with E-state index in [1.165, 1.54) is 24.1 Å². The van der Waals surface area contributed by atoms with Gasteiger partial charge in [0.2, 0.25) is 0 Å². The van der Waals surface area contributed by atoms with E-state index < -0.39 is 0 Å². The van der Waals surface area contributed by atoms with Gasteiger partial charge in [0.05, 0.1) is 5.69 Å². The molecule has 1 heterocycles. The topological polar surface area (TPSA) is 74.2 Å². The van der Waals surface area contributed by atoms with Crippen molar-refractivity contribution in [2.45, 2.75) is 44.4 Å². The zero-order valence-corrected chi connectivity index (χ0v) is 15.1. The van der Waals surface area contributed by atoms with Crippen LogP contribution in [-0.2, 0) is 12.8 Å². The standard InChI is InChI=1S/C19H25N3O2S/c23-12-11-15(14-7-3-1-4-8-14)13-20-18(24)22-19-21-16-9-5-2-6-10-17(16)25-19/h1,3-4,7-8,15,23H,2,5-6,9-13H2,(H2,20,21,22,24). The molecule has 3 N–H and O–H groups in total. The number of amides is 2. The number of hydrogen-bond acceptors (Lipinski definition) is 4. The SMILES string of the molecule is O=C(NCC(CCO)c1ccccc1)Nc1nc2c(s1)CCCCC2. The molecule has 5 nitrogen and oxygen atoms in total. The molecular formula is C19H25N3O2S. The lowest BCUT2D eigenvalue weighted by molar-refractivity contribution is 0.248. The number of aromatic nitrogens is 1. The van der Waals surface area contributed by atoms with Gasteiger partial charge in [-0.1, -0.05) is 36.8 Å². The van der Waals surface area contributed by atoms with Crippen molar-refractivity contribution in [1.82, 2.24) is 10.3 Å². The maximum Gasteiger partial charge on any atom is 0.321 e. The number of aryl methyl sites for hydroxylation is 2. The summed E-state index contributed by atoms with van der Waals surface area (Å²) in [6.07, 6.45) is 6.36. The molecule has 1 aliphatic carbocycles. The van der Waals surface area contributed by atoms with Crippen LogP contribution in [0.2, 0.25) is 0 Å². The maximum absolute atomic E-state index is 12.2. The fourth-order valence-corrected chi connectivity index (χ4v) is 4.25. The molecule has 0 saturated heterocycles. The minimum absolute atomic E-state index is 0.0993. The molecule has 6 heteroatoms. The first-order valence-corrected chi connectivity index (χ1v) is 9.77. The van der Waals surface area contributed by atoms with Gasteiger partial charge in [-0.3, -0.25) is 5.32 Å². The zero-order valence-electron chi connectivity index (χ0n) is 14.3. The molecule has 134 valence electrons. The van der Waals surface area contributed by atoms with Crippen molar-refractivity contribution in [3.05, 3.63) is 46.5 Å². The number of thiazole rings is 1. The summed E-state index contributed by atoms with van der Waals surface area (Å²) < 4.78 is 0. The number of benzene rings is 1. The molecule has 0 radical (unpaired) electrons. The van der Waals surface area contributed by atoms with Crippen molar-refractivity contribution in [2.24, 2.45) is 0 Å². The van der Waals surface area contributed by atoms with Crippen LogP contribution in [0.4, 0.5) is 9.93 Å². The third kappa shape index (κ3) is 5.03. The first-order chi connectivity index (χ1) is 12.3. The van der Waals surface area contributed by atoms with Crippen LogP contribution in [0.3, 0.4) is 0 Å². The lowest BCUT2D eigenvalue weighted by Crippen LogP contribution is -2.32. The highest BCUT2D eigenvalue weighted by Crippen LogP contribution is 2.28. The van der Waals surface area contributed by atoms with Crippen LogP contribution >= 0.6 is 11.3 Å². The van der Waals surface area contributed by atoms with Crippen LogP contribution < -0.4 is 10.6 Å². The third-order valence-electron chi connectivity index (χ3n) is 4.57. The van der Waals surface area contributed by atoms with Gasteiger partial charge in [0.15, 0.2) is 5.13 Å². The molecule has 1 unspecified atom stereocenters. The van der Waals surface area contributed by atoms with E-state index in [1.807, 2.05) is 30.3 Å². The van der Waals surface area contributed by atoms with Crippen LogP contribution in [-0.4, -0.2) is 29.3 Å². The molecule has 2 aromatic rings. The molecule has 0 fully saturated rings. The monoisotopic (exact) mass is 359 g/mol. The number of anilines is 1. The van der Waals surface area contributed by atoms with E-state index in [2.05, 4.69) is 15.6 Å². The first-order valence-electron chi connectivity index (χ1n) is 8.95. The highest BCUT2D eigenvalue weighted by Gasteiger charge is 2.16. The van der Waals surface area contributed by atoms with E-state index in [0.717, 1.165) is 24.1 Å². The Kier molecular flexibility index (Phi) is 6.42. The van der Waals surface area contributed by atoms with Gasteiger partial charge in [0.1, 0.15) is 0 Å². The third-order valence-corrected chi connectivity index (χ3v) is 5.65. The van der Waals surface area contributed by atoms with Crippen molar-refractivity contribution >= 4 is 22.5 Å². The summed E-state index contributed by atoms with van der Waals surface area (Å²) in [7, 11) is 0. The number of nitrogens with zero attached hydrogens (tertiary/aromatic N) is 1. The van der Waals surface area contributed by atoms with Gasteiger partial charge in [-0.2, -0.15) is 0 Å². The smallest absolute Gasteiger partial charge is 0.321 e. The summed E-state index contributed by atoms with van der Waals surface area (Å²) in [5.41, 5.74) is 2.28. The van der Waals surface area contributed by atoms with Gasteiger partial charge in [0, 0.05) is 23.9 Å². The number of aliphatic hydroxyl groups excluding tert-OH is 1. The number of rotatable bonds is 6. The summed E-state index contributed by atoms with van der Waals surface area (Å²) >= 11 is 1.59. The summed E-state index contributed by atoms with van der Waals surface area (Å²) in [5, 5.41) is 15.7. The highest BCUT2D eigenvalue weighted by atomic mass is 32.1. The number of hydrogen-bond donors (Lipinski definition) is 3. The van der Waals surface area contributed by atoms with Crippen LogP contribution in [0.1, 0.15) is 47.7 Å². The van der Waals surface area contributed by atoms with Crippen molar-refractivity contribution in [3.8, 4) is 0 Å². The van der Waals surface area contributed by atoms with Crippen LogP contribution in [0.5, 0.6) is 0 Å².